The molecule has 2 heterocycles. The minimum Gasteiger partial charge on any atom is -0.438 e. The Labute approximate surface area is 188 Å². The van der Waals surface area contributed by atoms with E-state index in [-0.39, 0.29) is 22.5 Å². The maximum atomic E-state index is 13.9. The van der Waals surface area contributed by atoms with Gasteiger partial charge < -0.3 is 20.6 Å². The molecule has 0 aliphatic carbocycles. The summed E-state index contributed by atoms with van der Waals surface area (Å²) in [4.78, 5) is 4.79. The Morgan fingerprint density at radius 1 is 0.875 bits per heavy atom. The number of nitrogens with two attached hydrogens (primary N) is 2. The Morgan fingerprint density at radius 3 is 2.25 bits per heavy atom. The van der Waals surface area contributed by atoms with Crippen LogP contribution in [0.4, 0.5) is 16.0 Å². The van der Waals surface area contributed by atoms with E-state index in [2.05, 4.69) is 0 Å². The molecular formula is C25H17ClFN3O2. The summed E-state index contributed by atoms with van der Waals surface area (Å²) >= 11 is 6.08. The number of hydrogen-bond donors (Lipinski definition) is 2. The van der Waals surface area contributed by atoms with Crippen molar-refractivity contribution in [3.8, 4) is 34.0 Å². The summed E-state index contributed by atoms with van der Waals surface area (Å²) in [5, 5.41) is 0.480. The molecule has 5 aromatic rings. The third kappa shape index (κ3) is 3.40. The van der Waals surface area contributed by atoms with Crippen molar-refractivity contribution in [3.63, 3.8) is 0 Å². The number of anilines is 2. The second-order valence-corrected chi connectivity index (χ2v) is 7.54. The number of fused-ring (bicyclic) bond motifs is 1. The number of benzene rings is 3. The van der Waals surface area contributed by atoms with Crippen LogP contribution in [0.5, 0.6) is 11.6 Å². The van der Waals surface area contributed by atoms with Crippen LogP contribution >= 0.6 is 11.6 Å². The Hall–Kier alpha value is -4.03. The van der Waals surface area contributed by atoms with Crippen LogP contribution in [-0.2, 0) is 0 Å². The molecular weight excluding hydrogens is 429 g/mol. The SMILES string of the molecule is Nc1oc2c(-c3ccccc3)nc(Oc3ccccc3)c(-c3ccc(F)c(Cl)c3)c2c1N. The first-order valence-corrected chi connectivity index (χ1v) is 10.2. The monoisotopic (exact) mass is 445 g/mol. The van der Waals surface area contributed by atoms with Gasteiger partial charge in [0.2, 0.25) is 11.8 Å². The third-order valence-corrected chi connectivity index (χ3v) is 5.37. The molecule has 5 nitrogen and oxygen atoms in total. The van der Waals surface area contributed by atoms with Crippen molar-refractivity contribution in [2.75, 3.05) is 11.5 Å². The topological polar surface area (TPSA) is 87.3 Å². The number of ether oxygens (including phenoxy) is 1. The average Bonchev–Trinajstić information content (AvgIpc) is 3.11. The van der Waals surface area contributed by atoms with Gasteiger partial charge in [-0.05, 0) is 29.8 Å². The van der Waals surface area contributed by atoms with Gasteiger partial charge in [-0.3, -0.25) is 0 Å². The lowest BCUT2D eigenvalue weighted by molar-refractivity contribution is 0.466. The van der Waals surface area contributed by atoms with Crippen molar-refractivity contribution < 1.29 is 13.5 Å². The van der Waals surface area contributed by atoms with Crippen LogP contribution in [0, 0.1) is 5.82 Å². The van der Waals surface area contributed by atoms with Gasteiger partial charge in [0.15, 0.2) is 5.58 Å². The molecule has 0 spiro atoms. The molecule has 32 heavy (non-hydrogen) atoms. The fourth-order valence-corrected chi connectivity index (χ4v) is 3.76. The summed E-state index contributed by atoms with van der Waals surface area (Å²) in [7, 11) is 0. The van der Waals surface area contributed by atoms with Crippen molar-refractivity contribution in [2.45, 2.75) is 0 Å². The third-order valence-electron chi connectivity index (χ3n) is 5.08. The van der Waals surface area contributed by atoms with E-state index in [4.69, 9.17) is 37.2 Å². The molecule has 3 aromatic carbocycles. The largest absolute Gasteiger partial charge is 0.438 e. The molecule has 0 bridgehead atoms. The predicted molar refractivity (Wildman–Crippen MR) is 125 cm³/mol. The molecule has 7 heteroatoms. The Balaban J connectivity index is 1.87. The summed E-state index contributed by atoms with van der Waals surface area (Å²) in [5.74, 6) is 0.358. The number of nitrogens with zero attached hydrogens (tertiary/aromatic N) is 1. The molecule has 0 radical (unpaired) electrons. The molecule has 0 fully saturated rings. The molecule has 2 aromatic heterocycles. The predicted octanol–water partition coefficient (Wildman–Crippen LogP) is 6.91. The summed E-state index contributed by atoms with van der Waals surface area (Å²) in [6.45, 7) is 0. The van der Waals surface area contributed by atoms with Gasteiger partial charge in [0, 0.05) is 5.56 Å². The molecule has 0 unspecified atom stereocenters. The fourth-order valence-electron chi connectivity index (χ4n) is 3.58. The van der Waals surface area contributed by atoms with Gasteiger partial charge in [-0.15, -0.1) is 0 Å². The molecule has 158 valence electrons. The van der Waals surface area contributed by atoms with Gasteiger partial charge in [0.25, 0.3) is 0 Å². The lowest BCUT2D eigenvalue weighted by atomic mass is 9.99. The Kier molecular flexibility index (Phi) is 4.92. The second-order valence-electron chi connectivity index (χ2n) is 7.13. The first-order valence-electron chi connectivity index (χ1n) is 9.78. The number of hydrogen-bond acceptors (Lipinski definition) is 5. The molecule has 0 saturated heterocycles. The smallest absolute Gasteiger partial charge is 0.228 e. The van der Waals surface area contributed by atoms with Crippen LogP contribution in [0.25, 0.3) is 33.4 Å². The second kappa shape index (κ2) is 7.90. The highest BCUT2D eigenvalue weighted by Crippen LogP contribution is 2.47. The van der Waals surface area contributed by atoms with E-state index in [0.29, 0.717) is 33.5 Å². The molecule has 0 amide bonds. The summed E-state index contributed by atoms with van der Waals surface area (Å²) in [6, 6.07) is 23.1. The zero-order valence-electron chi connectivity index (χ0n) is 16.7. The fraction of sp³-hybridized carbons (Fsp3) is 0. The van der Waals surface area contributed by atoms with Crippen LogP contribution in [-0.4, -0.2) is 4.98 Å². The molecule has 5 rings (SSSR count). The number of aromatic nitrogens is 1. The minimum absolute atomic E-state index is 0.0384. The van der Waals surface area contributed by atoms with E-state index in [1.54, 1.807) is 6.07 Å². The summed E-state index contributed by atoms with van der Waals surface area (Å²) in [5.41, 5.74) is 15.4. The van der Waals surface area contributed by atoms with Gasteiger partial charge in [-0.1, -0.05) is 66.2 Å². The van der Waals surface area contributed by atoms with E-state index in [9.17, 15) is 4.39 Å². The highest BCUT2D eigenvalue weighted by molar-refractivity contribution is 6.31. The zero-order valence-corrected chi connectivity index (χ0v) is 17.4. The highest BCUT2D eigenvalue weighted by Gasteiger charge is 2.25. The molecule has 0 aliphatic heterocycles. The number of furan rings is 1. The number of para-hydroxylation sites is 1. The maximum Gasteiger partial charge on any atom is 0.228 e. The van der Waals surface area contributed by atoms with E-state index in [1.807, 2.05) is 60.7 Å². The van der Waals surface area contributed by atoms with Gasteiger partial charge in [0.05, 0.1) is 16.0 Å². The van der Waals surface area contributed by atoms with E-state index in [1.165, 1.54) is 12.1 Å². The van der Waals surface area contributed by atoms with Gasteiger partial charge in [-0.25, -0.2) is 9.37 Å². The van der Waals surface area contributed by atoms with Crippen LogP contribution in [0.1, 0.15) is 0 Å². The van der Waals surface area contributed by atoms with Crippen molar-refractivity contribution in [3.05, 3.63) is 89.7 Å². The van der Waals surface area contributed by atoms with Crippen molar-refractivity contribution in [1.29, 1.82) is 0 Å². The zero-order chi connectivity index (χ0) is 22.2. The lowest BCUT2D eigenvalue weighted by Gasteiger charge is -2.15. The number of pyridine rings is 1. The highest BCUT2D eigenvalue weighted by atomic mass is 35.5. The van der Waals surface area contributed by atoms with E-state index >= 15 is 0 Å². The minimum atomic E-state index is -0.536. The van der Waals surface area contributed by atoms with Crippen LogP contribution in [0.3, 0.4) is 0 Å². The quantitative estimate of drug-likeness (QED) is 0.314. The van der Waals surface area contributed by atoms with E-state index in [0.717, 1.165) is 5.56 Å². The maximum absolute atomic E-state index is 13.9. The van der Waals surface area contributed by atoms with E-state index < -0.39 is 5.82 Å². The first kappa shape index (κ1) is 19.9. The normalized spacial score (nSPS) is 11.1. The lowest BCUT2D eigenvalue weighted by Crippen LogP contribution is -1.98. The number of nitrogen functional groups attached to an aromatic ring is 2. The first-order chi connectivity index (χ1) is 15.5. The standard InChI is InChI=1S/C25H17ClFN3O2/c26-17-13-15(11-12-18(17)27)19-20-21(28)24(29)32-23(20)22(14-7-3-1-4-8-14)30-25(19)31-16-9-5-2-6-10-16/h1-13H,28-29H2. The Bertz CT molecular complexity index is 1440. The van der Waals surface area contributed by atoms with Crippen molar-refractivity contribution >= 4 is 34.1 Å². The van der Waals surface area contributed by atoms with Gasteiger partial charge in [-0.2, -0.15) is 0 Å². The molecule has 0 atom stereocenters. The van der Waals surface area contributed by atoms with Crippen LogP contribution < -0.4 is 16.2 Å². The van der Waals surface area contributed by atoms with Crippen molar-refractivity contribution in [2.24, 2.45) is 0 Å². The number of halogens is 2. The van der Waals surface area contributed by atoms with Crippen LogP contribution in [0.15, 0.2) is 83.3 Å². The van der Waals surface area contributed by atoms with Crippen molar-refractivity contribution in [1.82, 2.24) is 4.98 Å². The van der Waals surface area contributed by atoms with Gasteiger partial charge in [0.1, 0.15) is 22.9 Å². The summed E-state index contributed by atoms with van der Waals surface area (Å²) in [6.07, 6.45) is 0. The molecule has 0 aliphatic rings. The Morgan fingerprint density at radius 2 is 1.56 bits per heavy atom. The number of rotatable bonds is 4. The average molecular weight is 446 g/mol. The van der Waals surface area contributed by atoms with Crippen LogP contribution in [0.2, 0.25) is 5.02 Å². The molecule has 0 saturated carbocycles. The summed E-state index contributed by atoms with van der Waals surface area (Å²) < 4.78 is 25.9. The molecule has 4 N–H and O–H groups in total. The van der Waals surface area contributed by atoms with Gasteiger partial charge >= 0.3 is 0 Å².